The molecule has 1 N–H and O–H groups in total. The first kappa shape index (κ1) is 25.4. The molecule has 0 aliphatic heterocycles. The number of hydrogen-bond donors (Lipinski definition) is 1. The van der Waals surface area contributed by atoms with E-state index >= 15 is 0 Å². The molecule has 2 nitrogen and oxygen atoms in total. The van der Waals surface area contributed by atoms with Crippen LogP contribution in [0.4, 0.5) is 5.69 Å². The minimum atomic E-state index is -1.89. The maximum Gasteiger partial charge on any atom is 0.116 e. The van der Waals surface area contributed by atoms with E-state index in [-0.39, 0.29) is 30.6 Å². The van der Waals surface area contributed by atoms with Crippen molar-refractivity contribution in [1.82, 2.24) is 0 Å². The number of hydrogen-bond acceptors (Lipinski definition) is 2. The third kappa shape index (κ3) is 5.66. The molecule has 4 heteroatoms. The van der Waals surface area contributed by atoms with Gasteiger partial charge in [-0.2, -0.15) is 0 Å². The lowest BCUT2D eigenvalue weighted by Gasteiger charge is -2.28. The fourth-order valence-corrected chi connectivity index (χ4v) is 8.69. The number of benzene rings is 4. The summed E-state index contributed by atoms with van der Waals surface area (Å²) in [5.74, 6) is 0. The van der Waals surface area contributed by atoms with Gasteiger partial charge < -0.3 is 34.0 Å². The molecule has 4 aromatic rings. The third-order valence-corrected chi connectivity index (χ3v) is 10.4. The summed E-state index contributed by atoms with van der Waals surface area (Å²) in [5, 5.41) is 13.6. The molecular weight excluding hydrogens is 536 g/mol. The maximum absolute atomic E-state index is 9.38. The Morgan fingerprint density at radius 1 is 0.636 bits per heavy atom. The zero-order valence-electron chi connectivity index (χ0n) is 19.0. The van der Waals surface area contributed by atoms with Crippen LogP contribution in [0.25, 0.3) is 0 Å². The predicted molar refractivity (Wildman–Crippen MR) is 140 cm³/mol. The van der Waals surface area contributed by atoms with Crippen LogP contribution in [0, 0.1) is 0 Å². The highest BCUT2D eigenvalue weighted by atomic mass is 127. The second kappa shape index (κ2) is 12.3. The molecule has 0 aliphatic rings. The Kier molecular flexibility index (Phi) is 9.49. The lowest BCUT2D eigenvalue weighted by Crippen LogP contribution is -3.00. The van der Waals surface area contributed by atoms with Gasteiger partial charge in [0.1, 0.15) is 23.2 Å². The second-order valence-corrected chi connectivity index (χ2v) is 11.4. The minimum Gasteiger partial charge on any atom is -1.00 e. The molecular formula is C29H31INOP. The van der Waals surface area contributed by atoms with Gasteiger partial charge in [-0.1, -0.05) is 66.7 Å². The highest BCUT2D eigenvalue weighted by Crippen LogP contribution is 2.58. The number of halogens is 1. The SMILES string of the molecule is CCN(CCO)c1ccc(C[P+](c2ccccc2)(c2ccccc2)c2ccccc2)cc1.[I-]. The summed E-state index contributed by atoms with van der Waals surface area (Å²) in [4.78, 5) is 2.21. The Labute approximate surface area is 215 Å². The van der Waals surface area contributed by atoms with E-state index < -0.39 is 7.26 Å². The molecule has 0 spiro atoms. The average molecular weight is 567 g/mol. The monoisotopic (exact) mass is 567 g/mol. The Morgan fingerprint density at radius 3 is 1.42 bits per heavy atom. The van der Waals surface area contributed by atoms with Gasteiger partial charge in [-0.25, -0.2) is 0 Å². The Balaban J connectivity index is 0.00000306. The number of aliphatic hydroxyl groups excluding tert-OH is 1. The molecule has 33 heavy (non-hydrogen) atoms. The summed E-state index contributed by atoms with van der Waals surface area (Å²) in [7, 11) is -1.89. The number of likely N-dealkylation sites (N-methyl/N-ethyl adjacent to an activating group) is 1. The molecule has 0 amide bonds. The van der Waals surface area contributed by atoms with Gasteiger partial charge in [0.2, 0.25) is 0 Å². The Hall–Kier alpha value is -2.20. The van der Waals surface area contributed by atoms with Crippen LogP contribution in [-0.2, 0) is 6.16 Å². The lowest BCUT2D eigenvalue weighted by atomic mass is 10.2. The standard InChI is InChI=1S/C29H31NOP.HI/c1-2-30(22-23-31)26-20-18-25(19-21-26)24-32(27-12-6-3-7-13-27,28-14-8-4-9-15-28)29-16-10-5-11-17-29;/h3-21,31H,2,22-24H2,1H3;1H/q+1;/p-1. The molecule has 0 bridgehead atoms. The van der Waals surface area contributed by atoms with E-state index in [9.17, 15) is 5.11 Å². The van der Waals surface area contributed by atoms with Crippen LogP contribution in [0.3, 0.4) is 0 Å². The van der Waals surface area contributed by atoms with Crippen molar-refractivity contribution in [2.75, 3.05) is 24.6 Å². The van der Waals surface area contributed by atoms with Crippen LogP contribution in [0.5, 0.6) is 0 Å². The van der Waals surface area contributed by atoms with Crippen molar-refractivity contribution >= 4 is 28.9 Å². The molecule has 0 unspecified atom stereocenters. The van der Waals surface area contributed by atoms with Gasteiger partial charge in [-0.05, 0) is 61.0 Å². The summed E-state index contributed by atoms with van der Waals surface area (Å²) in [6, 6.07) is 41.9. The van der Waals surface area contributed by atoms with Gasteiger partial charge in [0.05, 0.1) is 12.8 Å². The van der Waals surface area contributed by atoms with E-state index in [0.717, 1.165) is 18.4 Å². The van der Waals surface area contributed by atoms with Crippen LogP contribution >= 0.6 is 7.26 Å². The van der Waals surface area contributed by atoms with Crippen molar-refractivity contribution in [3.8, 4) is 0 Å². The highest BCUT2D eigenvalue weighted by Gasteiger charge is 2.45. The predicted octanol–water partition coefficient (Wildman–Crippen LogP) is 2.00. The van der Waals surface area contributed by atoms with Gasteiger partial charge in [0.15, 0.2) is 0 Å². The van der Waals surface area contributed by atoms with E-state index in [1.54, 1.807) is 0 Å². The Morgan fingerprint density at radius 2 is 1.06 bits per heavy atom. The van der Waals surface area contributed by atoms with Gasteiger partial charge in [-0.15, -0.1) is 0 Å². The van der Waals surface area contributed by atoms with E-state index in [0.29, 0.717) is 6.54 Å². The molecule has 0 fully saturated rings. The average Bonchev–Trinajstić information content (AvgIpc) is 2.88. The zero-order valence-corrected chi connectivity index (χ0v) is 22.1. The molecule has 0 radical (unpaired) electrons. The molecule has 0 aliphatic carbocycles. The number of rotatable bonds is 9. The summed E-state index contributed by atoms with van der Waals surface area (Å²) in [5.41, 5.74) is 2.49. The van der Waals surface area contributed by atoms with E-state index in [1.165, 1.54) is 21.5 Å². The molecule has 0 aromatic heterocycles. The summed E-state index contributed by atoms with van der Waals surface area (Å²) >= 11 is 0. The lowest BCUT2D eigenvalue weighted by molar-refractivity contribution is -0.00000739. The first-order valence-corrected chi connectivity index (χ1v) is 13.2. The fourth-order valence-electron chi connectivity index (χ4n) is 4.45. The van der Waals surface area contributed by atoms with Crippen LogP contribution in [0.2, 0.25) is 0 Å². The van der Waals surface area contributed by atoms with Gasteiger partial charge >= 0.3 is 0 Å². The molecule has 0 saturated heterocycles. The van der Waals surface area contributed by atoms with E-state index in [2.05, 4.69) is 127 Å². The summed E-state index contributed by atoms with van der Waals surface area (Å²) in [6.07, 6.45) is 0.970. The molecule has 170 valence electrons. The molecule has 4 aromatic carbocycles. The van der Waals surface area contributed by atoms with Crippen LogP contribution in [-0.4, -0.2) is 24.8 Å². The summed E-state index contributed by atoms with van der Waals surface area (Å²) < 4.78 is 0. The topological polar surface area (TPSA) is 23.5 Å². The van der Waals surface area contributed by atoms with Crippen molar-refractivity contribution in [1.29, 1.82) is 0 Å². The van der Waals surface area contributed by atoms with Crippen molar-refractivity contribution < 1.29 is 29.1 Å². The molecule has 0 heterocycles. The minimum absolute atomic E-state index is 0. The maximum atomic E-state index is 9.38. The van der Waals surface area contributed by atoms with Gasteiger partial charge in [-0.3, -0.25) is 0 Å². The largest absolute Gasteiger partial charge is 1.00 e. The first-order chi connectivity index (χ1) is 15.8. The van der Waals surface area contributed by atoms with Crippen LogP contribution < -0.4 is 44.8 Å². The normalized spacial score (nSPS) is 11.0. The van der Waals surface area contributed by atoms with Crippen molar-refractivity contribution in [2.24, 2.45) is 0 Å². The van der Waals surface area contributed by atoms with Crippen molar-refractivity contribution in [3.63, 3.8) is 0 Å². The van der Waals surface area contributed by atoms with Gasteiger partial charge in [0.25, 0.3) is 0 Å². The quantitative estimate of drug-likeness (QED) is 0.247. The summed E-state index contributed by atoms with van der Waals surface area (Å²) in [6.45, 7) is 3.83. The highest BCUT2D eigenvalue weighted by molar-refractivity contribution is 7.95. The number of nitrogens with zero attached hydrogens (tertiary/aromatic N) is 1. The zero-order chi connectivity index (χ0) is 22.2. The third-order valence-electron chi connectivity index (χ3n) is 6.06. The Bertz CT molecular complexity index is 992. The van der Waals surface area contributed by atoms with E-state index in [4.69, 9.17) is 0 Å². The van der Waals surface area contributed by atoms with Crippen molar-refractivity contribution in [3.05, 3.63) is 121 Å². The van der Waals surface area contributed by atoms with Crippen molar-refractivity contribution in [2.45, 2.75) is 13.1 Å². The fraction of sp³-hybridized carbons (Fsp3) is 0.172. The smallest absolute Gasteiger partial charge is 0.116 e. The second-order valence-electron chi connectivity index (χ2n) is 7.94. The first-order valence-electron chi connectivity index (χ1n) is 11.3. The van der Waals surface area contributed by atoms with Crippen LogP contribution in [0.1, 0.15) is 12.5 Å². The van der Waals surface area contributed by atoms with Gasteiger partial charge in [0, 0.05) is 18.8 Å². The number of anilines is 1. The molecule has 0 saturated carbocycles. The van der Waals surface area contributed by atoms with E-state index in [1.807, 2.05) is 0 Å². The number of aliphatic hydroxyl groups is 1. The molecule has 4 rings (SSSR count). The van der Waals surface area contributed by atoms with Crippen LogP contribution in [0.15, 0.2) is 115 Å². The molecule has 0 atom stereocenters.